The number of rotatable bonds is 12. The van der Waals surface area contributed by atoms with Gasteiger partial charge < -0.3 is 20.7 Å². The van der Waals surface area contributed by atoms with Crippen molar-refractivity contribution < 1.29 is 28.3 Å². The number of ether oxygens (including phenoxy) is 1. The number of alkyl halides is 1. The Bertz CT molecular complexity index is 1290. The first kappa shape index (κ1) is 30.5. The minimum absolute atomic E-state index is 0.213. The summed E-state index contributed by atoms with van der Waals surface area (Å²) in [5.41, 5.74) is 3.33. The SMILES string of the molecule is CC[C@H](C)[C@H](NC(=O)COCCF)C(=O)N[C@H]1CCc2cccc3c2N(C1=O)[C@H](C(=O)NCc1ccccc1Cl)C3. The molecule has 2 aromatic carbocycles. The second-order valence-corrected chi connectivity index (χ2v) is 10.8. The van der Waals surface area contributed by atoms with Gasteiger partial charge in [0.25, 0.3) is 0 Å². The number of nitrogens with one attached hydrogen (secondary N) is 3. The van der Waals surface area contributed by atoms with E-state index in [0.29, 0.717) is 30.7 Å². The maximum atomic E-state index is 14.0. The molecule has 0 aromatic heterocycles. The van der Waals surface area contributed by atoms with Gasteiger partial charge in [0.2, 0.25) is 23.6 Å². The molecule has 0 bridgehead atoms. The number of para-hydroxylation sites is 1. The predicted molar refractivity (Wildman–Crippen MR) is 153 cm³/mol. The Kier molecular flexibility index (Phi) is 10.3. The van der Waals surface area contributed by atoms with Gasteiger partial charge in [-0.05, 0) is 41.5 Å². The summed E-state index contributed by atoms with van der Waals surface area (Å²) in [6.45, 7) is 2.63. The first-order chi connectivity index (χ1) is 19.7. The second kappa shape index (κ2) is 13.9. The molecule has 0 saturated heterocycles. The highest BCUT2D eigenvalue weighted by Crippen LogP contribution is 2.39. The molecule has 0 unspecified atom stereocenters. The zero-order valence-corrected chi connectivity index (χ0v) is 24.0. The van der Waals surface area contributed by atoms with Crippen molar-refractivity contribution in [2.24, 2.45) is 5.92 Å². The number of halogens is 2. The van der Waals surface area contributed by atoms with Crippen molar-refractivity contribution in [2.45, 2.75) is 64.2 Å². The molecule has 0 aliphatic carbocycles. The van der Waals surface area contributed by atoms with Crippen molar-refractivity contribution in [3.63, 3.8) is 0 Å². The van der Waals surface area contributed by atoms with Gasteiger partial charge in [-0.1, -0.05) is 68.3 Å². The van der Waals surface area contributed by atoms with E-state index in [0.717, 1.165) is 22.4 Å². The van der Waals surface area contributed by atoms with E-state index in [1.165, 1.54) is 4.90 Å². The van der Waals surface area contributed by atoms with Crippen LogP contribution in [0.5, 0.6) is 0 Å². The lowest BCUT2D eigenvalue weighted by Crippen LogP contribution is -2.58. The minimum Gasteiger partial charge on any atom is -0.369 e. The van der Waals surface area contributed by atoms with Crippen LogP contribution in [0.1, 0.15) is 43.4 Å². The molecule has 0 radical (unpaired) electrons. The Hall–Kier alpha value is -3.50. The molecule has 0 saturated carbocycles. The van der Waals surface area contributed by atoms with Crippen LogP contribution < -0.4 is 20.9 Å². The minimum atomic E-state index is -0.913. The van der Waals surface area contributed by atoms with E-state index < -0.39 is 36.6 Å². The zero-order valence-electron chi connectivity index (χ0n) is 23.3. The largest absolute Gasteiger partial charge is 0.369 e. The van der Waals surface area contributed by atoms with Crippen molar-refractivity contribution >= 4 is 40.9 Å². The normalized spacial score (nSPS) is 19.1. The van der Waals surface area contributed by atoms with E-state index in [4.69, 9.17) is 16.3 Å². The number of carbonyl (C=O) groups is 4. The third-order valence-electron chi connectivity index (χ3n) is 7.70. The summed E-state index contributed by atoms with van der Waals surface area (Å²) in [6, 6.07) is 10.4. The van der Waals surface area contributed by atoms with Crippen LogP contribution in [0.2, 0.25) is 5.02 Å². The van der Waals surface area contributed by atoms with Crippen molar-refractivity contribution in [1.82, 2.24) is 16.0 Å². The number of benzene rings is 2. The zero-order chi connectivity index (χ0) is 29.5. The molecule has 0 spiro atoms. The van der Waals surface area contributed by atoms with E-state index in [-0.39, 0.29) is 37.5 Å². The fraction of sp³-hybridized carbons (Fsp3) is 0.467. The van der Waals surface area contributed by atoms with Crippen LogP contribution in [0.15, 0.2) is 42.5 Å². The van der Waals surface area contributed by atoms with E-state index >= 15 is 0 Å². The molecular formula is C30H36ClFN4O5. The molecule has 4 atom stereocenters. The van der Waals surface area contributed by atoms with Gasteiger partial charge in [-0.3, -0.25) is 24.1 Å². The molecular weight excluding hydrogens is 551 g/mol. The van der Waals surface area contributed by atoms with Crippen LogP contribution in [-0.4, -0.2) is 61.6 Å². The average Bonchev–Trinajstić information content (AvgIpc) is 3.31. The summed E-state index contributed by atoms with van der Waals surface area (Å²) in [6.07, 6.45) is 1.82. The Morgan fingerprint density at radius 3 is 2.63 bits per heavy atom. The summed E-state index contributed by atoms with van der Waals surface area (Å²) in [5, 5.41) is 8.97. The maximum absolute atomic E-state index is 14.0. The summed E-state index contributed by atoms with van der Waals surface area (Å²) >= 11 is 6.26. The van der Waals surface area contributed by atoms with Gasteiger partial charge in [0.15, 0.2) is 0 Å². The van der Waals surface area contributed by atoms with E-state index in [1.54, 1.807) is 6.07 Å². The Morgan fingerprint density at radius 2 is 1.90 bits per heavy atom. The van der Waals surface area contributed by atoms with Gasteiger partial charge in [-0.15, -0.1) is 0 Å². The summed E-state index contributed by atoms with van der Waals surface area (Å²) in [7, 11) is 0. The third-order valence-corrected chi connectivity index (χ3v) is 8.07. The Labute approximate surface area is 244 Å². The molecule has 2 aliphatic heterocycles. The Balaban J connectivity index is 1.51. The first-order valence-electron chi connectivity index (χ1n) is 13.9. The molecule has 4 amide bonds. The van der Waals surface area contributed by atoms with E-state index in [2.05, 4.69) is 16.0 Å². The van der Waals surface area contributed by atoms with Crippen molar-refractivity contribution in [3.05, 3.63) is 64.2 Å². The van der Waals surface area contributed by atoms with Crippen LogP contribution >= 0.6 is 11.6 Å². The second-order valence-electron chi connectivity index (χ2n) is 10.4. The Morgan fingerprint density at radius 1 is 1.15 bits per heavy atom. The van der Waals surface area contributed by atoms with E-state index in [9.17, 15) is 23.6 Å². The van der Waals surface area contributed by atoms with Crippen molar-refractivity contribution in [1.29, 1.82) is 0 Å². The number of amides is 4. The van der Waals surface area contributed by atoms with Gasteiger partial charge in [-0.2, -0.15) is 0 Å². The molecule has 2 aliphatic rings. The molecule has 11 heteroatoms. The number of carbonyl (C=O) groups excluding carboxylic acids is 4. The van der Waals surface area contributed by atoms with Crippen LogP contribution in [0.25, 0.3) is 0 Å². The number of hydrogen-bond acceptors (Lipinski definition) is 5. The monoisotopic (exact) mass is 586 g/mol. The molecule has 4 rings (SSSR count). The lowest BCUT2D eigenvalue weighted by molar-refractivity contribution is -0.134. The van der Waals surface area contributed by atoms with Gasteiger partial charge >= 0.3 is 0 Å². The number of nitrogens with zero attached hydrogens (tertiary/aromatic N) is 1. The lowest BCUT2D eigenvalue weighted by atomic mass is 9.97. The van der Waals surface area contributed by atoms with Gasteiger partial charge in [0.1, 0.15) is 31.4 Å². The predicted octanol–water partition coefficient (Wildman–Crippen LogP) is 2.86. The molecule has 220 valence electrons. The number of anilines is 1. The molecule has 0 fully saturated rings. The highest BCUT2D eigenvalue weighted by molar-refractivity contribution is 6.31. The summed E-state index contributed by atoms with van der Waals surface area (Å²) in [5.74, 6) is -1.97. The topological polar surface area (TPSA) is 117 Å². The van der Waals surface area contributed by atoms with Crippen LogP contribution in [0, 0.1) is 5.92 Å². The summed E-state index contributed by atoms with van der Waals surface area (Å²) in [4.78, 5) is 54.7. The molecule has 3 N–H and O–H groups in total. The van der Waals surface area contributed by atoms with E-state index in [1.807, 2.05) is 50.2 Å². The third kappa shape index (κ3) is 7.05. The number of aryl methyl sites for hydroxylation is 1. The van der Waals surface area contributed by atoms with Crippen molar-refractivity contribution in [2.75, 3.05) is 24.8 Å². The average molecular weight is 587 g/mol. The van der Waals surface area contributed by atoms with Crippen LogP contribution in [0.4, 0.5) is 10.1 Å². The number of hydrogen-bond donors (Lipinski definition) is 3. The highest BCUT2D eigenvalue weighted by atomic mass is 35.5. The molecule has 41 heavy (non-hydrogen) atoms. The molecule has 2 aromatic rings. The lowest BCUT2D eigenvalue weighted by Gasteiger charge is -2.30. The fourth-order valence-electron chi connectivity index (χ4n) is 5.31. The highest BCUT2D eigenvalue weighted by Gasteiger charge is 2.44. The van der Waals surface area contributed by atoms with Crippen LogP contribution in [0.3, 0.4) is 0 Å². The first-order valence-corrected chi connectivity index (χ1v) is 14.3. The fourth-order valence-corrected chi connectivity index (χ4v) is 5.52. The summed E-state index contributed by atoms with van der Waals surface area (Å²) < 4.78 is 17.3. The van der Waals surface area contributed by atoms with Crippen molar-refractivity contribution in [3.8, 4) is 0 Å². The van der Waals surface area contributed by atoms with Gasteiger partial charge in [0.05, 0.1) is 12.3 Å². The molecule has 9 nitrogen and oxygen atoms in total. The smallest absolute Gasteiger partial charge is 0.250 e. The van der Waals surface area contributed by atoms with Gasteiger partial charge in [-0.25, -0.2) is 4.39 Å². The van der Waals surface area contributed by atoms with Gasteiger partial charge in [0, 0.05) is 18.0 Å². The molecule has 2 heterocycles. The maximum Gasteiger partial charge on any atom is 0.250 e. The standard InChI is InChI=1S/C30H36ClFN4O5/c1-3-18(2)26(35-25(37)17-41-14-13-32)29(39)34-23-12-11-19-8-6-9-20-15-24(36(27(19)20)30(23)40)28(38)33-16-21-7-4-5-10-22(21)31/h4-10,18,23-24,26H,3,11-17H2,1-2H3,(H,33,38)(H,34,39)(H,35,37)/t18-,23-,24-,26-/m0/s1. The quantitative estimate of drug-likeness (QED) is 0.331. The van der Waals surface area contributed by atoms with Crippen LogP contribution in [-0.2, 0) is 43.3 Å².